The number of nitrogens with zero attached hydrogens (tertiary/aromatic N) is 2. The lowest BCUT2D eigenvalue weighted by Gasteiger charge is -2.25. The Bertz CT molecular complexity index is 832. The lowest BCUT2D eigenvalue weighted by Crippen LogP contribution is -2.29. The van der Waals surface area contributed by atoms with E-state index in [1.54, 1.807) is 19.4 Å². The van der Waals surface area contributed by atoms with Crippen molar-refractivity contribution in [2.45, 2.75) is 61.4 Å². The number of amides is 1. The second-order valence-corrected chi connectivity index (χ2v) is 9.45. The Balaban J connectivity index is 1.57. The Morgan fingerprint density at radius 3 is 2.97 bits per heavy atom. The maximum atomic E-state index is 10.5. The summed E-state index contributed by atoms with van der Waals surface area (Å²) in [7, 11) is 1.77. The largest absolute Gasteiger partial charge is 0.451 e. The molecular weight excluding hydrogens is 422 g/mol. The first kappa shape index (κ1) is 22.8. The van der Waals surface area contributed by atoms with Gasteiger partial charge in [0.15, 0.2) is 10.1 Å². The lowest BCUT2D eigenvalue weighted by atomic mass is 10.0. The van der Waals surface area contributed by atoms with E-state index in [2.05, 4.69) is 51.1 Å². The average molecular weight is 452 g/mol. The Labute approximate surface area is 187 Å². The summed E-state index contributed by atoms with van der Waals surface area (Å²) >= 11 is 8.96. The molecule has 1 aliphatic carbocycles. The Hall–Kier alpha value is -1.91. The van der Waals surface area contributed by atoms with Gasteiger partial charge in [0.05, 0.1) is 6.10 Å². The summed E-state index contributed by atoms with van der Waals surface area (Å²) in [5, 5.41) is 13.5. The number of nitrogens with one attached hydrogen (secondary N) is 3. The number of rotatable bonds is 11. The molecule has 0 saturated heterocycles. The van der Waals surface area contributed by atoms with Crippen LogP contribution in [0.5, 0.6) is 5.88 Å². The van der Waals surface area contributed by atoms with Crippen molar-refractivity contribution in [2.75, 3.05) is 12.4 Å². The number of pyridine rings is 1. The van der Waals surface area contributed by atoms with E-state index in [0.29, 0.717) is 37.2 Å². The Morgan fingerprint density at radius 1 is 1.40 bits per heavy atom. The van der Waals surface area contributed by atoms with Crippen LogP contribution < -0.4 is 15.4 Å². The minimum atomic E-state index is -1.01. The molecule has 164 valence electrons. The van der Waals surface area contributed by atoms with E-state index >= 15 is 0 Å². The predicted molar refractivity (Wildman–Crippen MR) is 123 cm³/mol. The summed E-state index contributed by atoms with van der Waals surface area (Å²) in [5.74, 6) is 1.58. The van der Waals surface area contributed by atoms with Crippen LogP contribution >= 0.6 is 25.3 Å². The summed E-state index contributed by atoms with van der Waals surface area (Å²) < 4.78 is 10.3. The van der Waals surface area contributed by atoms with Gasteiger partial charge >= 0.3 is 0 Å². The van der Waals surface area contributed by atoms with Gasteiger partial charge in [-0.15, -0.1) is 25.3 Å². The minimum Gasteiger partial charge on any atom is -0.451 e. The van der Waals surface area contributed by atoms with Crippen LogP contribution in [0.2, 0.25) is 0 Å². The van der Waals surface area contributed by atoms with Crippen molar-refractivity contribution in [2.24, 2.45) is 0 Å². The van der Waals surface area contributed by atoms with E-state index in [1.807, 2.05) is 19.1 Å². The summed E-state index contributed by atoms with van der Waals surface area (Å²) in [4.78, 5) is 14.8. The van der Waals surface area contributed by atoms with Gasteiger partial charge in [-0.25, -0.2) is 4.98 Å². The van der Waals surface area contributed by atoms with Crippen molar-refractivity contribution in [3.8, 4) is 5.88 Å². The molecule has 30 heavy (non-hydrogen) atoms. The summed E-state index contributed by atoms with van der Waals surface area (Å²) in [6, 6.07) is 5.66. The summed E-state index contributed by atoms with van der Waals surface area (Å²) in [6.45, 7) is 1.91. The van der Waals surface area contributed by atoms with Gasteiger partial charge in [-0.05, 0) is 38.7 Å². The van der Waals surface area contributed by atoms with Crippen LogP contribution in [0.1, 0.15) is 50.6 Å². The first-order valence-corrected chi connectivity index (χ1v) is 10.9. The molecule has 0 spiro atoms. The monoisotopic (exact) mass is 451 g/mol. The molecule has 0 aromatic carbocycles. The fourth-order valence-corrected chi connectivity index (χ4v) is 4.01. The molecule has 1 saturated carbocycles. The molecule has 8 nitrogen and oxygen atoms in total. The SMILES string of the molecule is COC1CCC(c2cc(Nc3ccnc(OC(S)(S)CCC(C)NC=O)c3)n[nH]2)C1. The molecule has 0 aliphatic heterocycles. The van der Waals surface area contributed by atoms with Crippen molar-refractivity contribution in [3.63, 3.8) is 0 Å². The van der Waals surface area contributed by atoms with Gasteiger partial charge in [-0.1, -0.05) is 0 Å². The maximum Gasteiger partial charge on any atom is 0.217 e. The van der Waals surface area contributed by atoms with Crippen molar-refractivity contribution < 1.29 is 14.3 Å². The van der Waals surface area contributed by atoms with Gasteiger partial charge in [-0.2, -0.15) is 5.10 Å². The highest BCUT2D eigenvalue weighted by molar-refractivity contribution is 8.00. The fourth-order valence-electron chi connectivity index (χ4n) is 3.56. The molecule has 1 fully saturated rings. The third kappa shape index (κ3) is 6.55. The number of aromatic amines is 1. The predicted octanol–water partition coefficient (Wildman–Crippen LogP) is 3.64. The number of aromatic nitrogens is 3. The normalized spacial score (nSPS) is 20.0. The van der Waals surface area contributed by atoms with Crippen LogP contribution in [0.25, 0.3) is 0 Å². The zero-order chi connectivity index (χ0) is 21.6. The van der Waals surface area contributed by atoms with E-state index in [1.165, 1.54) is 0 Å². The molecule has 2 aromatic rings. The van der Waals surface area contributed by atoms with Crippen LogP contribution in [0.4, 0.5) is 11.5 Å². The molecule has 3 rings (SSSR count). The van der Waals surface area contributed by atoms with Crippen LogP contribution in [0.3, 0.4) is 0 Å². The minimum absolute atomic E-state index is 0.0126. The van der Waals surface area contributed by atoms with Crippen LogP contribution in [-0.2, 0) is 9.53 Å². The number of ether oxygens (including phenoxy) is 2. The van der Waals surface area contributed by atoms with Gasteiger partial charge in [-0.3, -0.25) is 9.89 Å². The van der Waals surface area contributed by atoms with Crippen LogP contribution in [0.15, 0.2) is 24.4 Å². The number of hydrogen-bond donors (Lipinski definition) is 5. The van der Waals surface area contributed by atoms with Gasteiger partial charge in [0.1, 0.15) is 0 Å². The van der Waals surface area contributed by atoms with E-state index < -0.39 is 4.27 Å². The van der Waals surface area contributed by atoms with Gasteiger partial charge in [0.2, 0.25) is 12.3 Å². The molecule has 1 amide bonds. The highest BCUT2D eigenvalue weighted by atomic mass is 32.2. The molecule has 3 atom stereocenters. The Kier molecular flexibility index (Phi) is 7.90. The first-order valence-electron chi connectivity index (χ1n) is 10.0. The number of carbonyl (C=O) groups is 1. The molecule has 0 radical (unpaired) electrons. The Morgan fingerprint density at radius 2 is 2.23 bits per heavy atom. The summed E-state index contributed by atoms with van der Waals surface area (Å²) in [5.41, 5.74) is 1.91. The van der Waals surface area contributed by atoms with Crippen molar-refractivity contribution in [3.05, 3.63) is 30.1 Å². The second kappa shape index (κ2) is 10.4. The second-order valence-electron chi connectivity index (χ2n) is 7.65. The van der Waals surface area contributed by atoms with Gasteiger partial charge < -0.3 is 20.1 Å². The van der Waals surface area contributed by atoms with E-state index in [-0.39, 0.29) is 6.04 Å². The number of hydrogen-bond acceptors (Lipinski definition) is 8. The number of anilines is 2. The smallest absolute Gasteiger partial charge is 0.217 e. The van der Waals surface area contributed by atoms with Gasteiger partial charge in [0, 0.05) is 55.2 Å². The number of carbonyl (C=O) groups excluding carboxylic acids is 1. The molecule has 2 heterocycles. The number of H-pyrrole nitrogens is 1. The zero-order valence-corrected chi connectivity index (χ0v) is 19.0. The molecule has 10 heteroatoms. The standard InChI is InChI=1S/C20H29N5O3S2/c1-13(22-12-26)5-7-20(29,30)28-19-10-15(6-8-21-19)23-18-11-17(24-25-18)14-3-4-16(9-14)27-2/h6,8,10-14,16,29-30H,3-5,7,9H2,1-2H3,(H,22,26)(H2,21,23,24,25). The number of thiol groups is 2. The van der Waals surface area contributed by atoms with Gasteiger partial charge in [0.25, 0.3) is 0 Å². The third-order valence-electron chi connectivity index (χ3n) is 5.29. The fraction of sp³-hybridized carbons (Fsp3) is 0.550. The molecule has 3 N–H and O–H groups in total. The molecule has 3 unspecified atom stereocenters. The van der Waals surface area contributed by atoms with Crippen molar-refractivity contribution >= 4 is 43.2 Å². The highest BCUT2D eigenvalue weighted by Crippen LogP contribution is 2.36. The number of methoxy groups -OCH3 is 1. The topological polar surface area (TPSA) is 101 Å². The highest BCUT2D eigenvalue weighted by Gasteiger charge is 2.27. The lowest BCUT2D eigenvalue weighted by molar-refractivity contribution is -0.110. The first-order chi connectivity index (χ1) is 14.4. The van der Waals surface area contributed by atoms with Crippen molar-refractivity contribution in [1.29, 1.82) is 0 Å². The zero-order valence-electron chi connectivity index (χ0n) is 17.2. The van der Waals surface area contributed by atoms with Crippen LogP contribution in [0, 0.1) is 0 Å². The molecule has 1 aliphatic rings. The third-order valence-corrected chi connectivity index (χ3v) is 5.92. The quantitative estimate of drug-likeness (QED) is 0.203. The van der Waals surface area contributed by atoms with E-state index in [4.69, 9.17) is 9.47 Å². The van der Waals surface area contributed by atoms with E-state index in [9.17, 15) is 4.79 Å². The average Bonchev–Trinajstić information content (AvgIpc) is 3.36. The van der Waals surface area contributed by atoms with Crippen LogP contribution in [-0.4, -0.2) is 45.1 Å². The molecular formula is C20H29N5O3S2. The molecule has 2 aromatic heterocycles. The van der Waals surface area contributed by atoms with Crippen molar-refractivity contribution in [1.82, 2.24) is 20.5 Å². The summed E-state index contributed by atoms with van der Waals surface area (Å²) in [6.07, 6.45) is 7.04. The maximum absolute atomic E-state index is 10.5. The van der Waals surface area contributed by atoms with E-state index in [0.717, 1.165) is 36.5 Å². The molecule has 0 bridgehead atoms.